The second-order valence-corrected chi connectivity index (χ2v) is 24.6. The molecule has 21 N–H and O–H groups in total. The lowest BCUT2D eigenvalue weighted by Crippen LogP contribution is -2.67. The summed E-state index contributed by atoms with van der Waals surface area (Å²) in [4.78, 5) is 88.8. The van der Waals surface area contributed by atoms with Crippen molar-refractivity contribution in [2.45, 2.75) is 118 Å². The summed E-state index contributed by atoms with van der Waals surface area (Å²) in [6, 6.07) is -3.12. The number of nitrogen functional groups attached to an aromatic ring is 1. The van der Waals surface area contributed by atoms with Crippen molar-refractivity contribution < 1.29 is 119 Å². The van der Waals surface area contributed by atoms with Gasteiger partial charge >= 0.3 is 23.5 Å². The van der Waals surface area contributed by atoms with Crippen molar-refractivity contribution in [3.63, 3.8) is 0 Å². The van der Waals surface area contributed by atoms with Crippen molar-refractivity contribution in [3.8, 4) is 0 Å². The second kappa shape index (κ2) is 25.2. The molecule has 2 aromatic rings. The highest BCUT2D eigenvalue weighted by Crippen LogP contribution is 2.61. The zero-order chi connectivity index (χ0) is 56.2. The molecule has 75 heavy (non-hydrogen) atoms. The zero-order valence-corrected chi connectivity index (χ0v) is 43.1. The van der Waals surface area contributed by atoms with Crippen LogP contribution in [-0.4, -0.2) is 226 Å². The Bertz CT molecular complexity index is 2580. The molecule has 2 unspecified atom stereocenters. The van der Waals surface area contributed by atoms with Gasteiger partial charge in [-0.25, -0.2) is 37.1 Å². The number of aliphatic hydroxyl groups is 6. The third-order valence-corrected chi connectivity index (χ3v) is 16.4. The van der Waals surface area contributed by atoms with E-state index < -0.39 is 199 Å². The number of nitrogens with zero attached hydrogens (tertiary/aromatic N) is 4. The molecule has 36 nitrogen and oxygen atoms in total. The van der Waals surface area contributed by atoms with Crippen molar-refractivity contribution in [3.05, 3.63) is 12.7 Å². The number of imidazole rings is 1. The first-order valence-electron chi connectivity index (χ1n) is 22.3. The molecule has 5 rings (SSSR count). The van der Waals surface area contributed by atoms with Crippen LogP contribution in [0.3, 0.4) is 0 Å². The van der Waals surface area contributed by atoms with E-state index in [1.807, 2.05) is 0 Å². The first-order chi connectivity index (χ1) is 34.6. The van der Waals surface area contributed by atoms with E-state index in [-0.39, 0.29) is 23.4 Å². The topological polar surface area (TPSA) is 587 Å². The number of hydrogen-bond acceptors (Lipinski definition) is 28. The summed E-state index contributed by atoms with van der Waals surface area (Å²) in [5, 5.41) is 69.9. The van der Waals surface area contributed by atoms with Crippen LogP contribution >= 0.6 is 23.5 Å². The Morgan fingerprint density at radius 2 is 1.51 bits per heavy atom. The Morgan fingerprint density at radius 3 is 2.17 bits per heavy atom. The van der Waals surface area contributed by atoms with Gasteiger partial charge in [0.2, 0.25) is 17.7 Å². The molecule has 0 radical (unpaired) electrons. The van der Waals surface area contributed by atoms with Gasteiger partial charge in [0.1, 0.15) is 72.5 Å². The molecule has 1 saturated carbocycles. The van der Waals surface area contributed by atoms with E-state index in [9.17, 15) is 86.7 Å². The second-order valence-electron chi connectivity index (χ2n) is 18.2. The number of rotatable bonds is 25. The fraction of sp³-hybridized carbons (Fsp3) is 0.771. The largest absolute Gasteiger partial charge is 0.481 e. The lowest BCUT2D eigenvalue weighted by Gasteiger charge is -2.45. The Labute approximate surface area is 425 Å². The van der Waals surface area contributed by atoms with Crippen LogP contribution in [-0.2, 0) is 70.0 Å². The Hall–Kier alpha value is -3.40. The van der Waals surface area contributed by atoms with Gasteiger partial charge in [-0.05, 0) is 6.42 Å². The van der Waals surface area contributed by atoms with Gasteiger partial charge in [0, 0.05) is 43.6 Å². The molecule has 0 bridgehead atoms. The number of phosphoric ester groups is 3. The summed E-state index contributed by atoms with van der Waals surface area (Å²) >= 11 is 0. The minimum Gasteiger partial charge on any atom is -0.389 e. The van der Waals surface area contributed by atoms with Crippen molar-refractivity contribution in [2.75, 3.05) is 50.1 Å². The number of nitrogens with one attached hydrogen (secondary N) is 3. The van der Waals surface area contributed by atoms with Crippen molar-refractivity contribution >= 4 is 68.0 Å². The van der Waals surface area contributed by atoms with Crippen molar-refractivity contribution in [1.29, 1.82) is 0 Å². The van der Waals surface area contributed by atoms with Gasteiger partial charge in [-0.2, -0.15) is 4.31 Å². The molecule has 1 aliphatic carbocycles. The van der Waals surface area contributed by atoms with Gasteiger partial charge in [-0.15, -0.1) is 0 Å². The smallest absolute Gasteiger partial charge is 0.389 e. The van der Waals surface area contributed by atoms with E-state index in [2.05, 4.69) is 39.7 Å². The monoisotopic (exact) mass is 1160 g/mol. The van der Waals surface area contributed by atoms with Gasteiger partial charge in [0.05, 0.1) is 37.4 Å². The number of aromatic nitrogens is 4. The van der Waals surface area contributed by atoms with Gasteiger partial charge in [0.15, 0.2) is 33.8 Å². The van der Waals surface area contributed by atoms with Crippen LogP contribution in [0, 0.1) is 5.41 Å². The maximum absolute atomic E-state index is 12.8. The van der Waals surface area contributed by atoms with Gasteiger partial charge in [0.25, 0.3) is 0 Å². The third kappa shape index (κ3) is 16.8. The van der Waals surface area contributed by atoms with Crippen LogP contribution in [0.5, 0.6) is 0 Å². The third-order valence-electron chi connectivity index (χ3n) is 11.8. The highest BCUT2D eigenvalue weighted by molar-refractivity contribution is 7.92. The number of carbonyl (C=O) groups is 3. The maximum Gasteiger partial charge on any atom is 0.481 e. The highest BCUT2D eigenvalue weighted by atomic mass is 32.2. The number of fused-ring (bicyclic) bond motifs is 1. The summed E-state index contributed by atoms with van der Waals surface area (Å²) in [6.45, 7) is -1.35. The first kappa shape index (κ1) is 62.4. The summed E-state index contributed by atoms with van der Waals surface area (Å²) < 4.78 is 98.8. The number of ether oxygens (including phenoxy) is 3. The van der Waals surface area contributed by atoms with E-state index in [1.165, 1.54) is 0 Å². The zero-order valence-electron chi connectivity index (χ0n) is 39.6. The van der Waals surface area contributed by atoms with Gasteiger partial charge in [-0.3, -0.25) is 32.5 Å². The van der Waals surface area contributed by atoms with E-state index in [4.69, 9.17) is 46.2 Å². The van der Waals surface area contributed by atoms with Crippen LogP contribution in [0.2, 0.25) is 0 Å². The summed E-state index contributed by atoms with van der Waals surface area (Å²) in [6.07, 6.45) is -18.1. The number of anilines is 1. The van der Waals surface area contributed by atoms with Crippen LogP contribution in [0.25, 0.3) is 11.2 Å². The number of aliphatic hydroxyl groups excluding tert-OH is 6. The summed E-state index contributed by atoms with van der Waals surface area (Å²) in [7, 11) is -20.8. The molecular formula is C35H62N11O25P3S. The Balaban J connectivity index is 1.01. The first-order valence-corrected chi connectivity index (χ1v) is 28.6. The van der Waals surface area contributed by atoms with E-state index in [1.54, 1.807) is 0 Å². The van der Waals surface area contributed by atoms with E-state index in [0.29, 0.717) is 0 Å². The molecule has 0 aromatic carbocycles. The average molecular weight is 1160 g/mol. The number of sulfone groups is 1. The molecule has 2 saturated heterocycles. The Morgan fingerprint density at radius 1 is 0.840 bits per heavy atom. The predicted octanol–water partition coefficient (Wildman–Crippen LogP) is -8.12. The lowest BCUT2D eigenvalue weighted by molar-refractivity contribution is -0.288. The molecule has 17 atom stereocenters. The Kier molecular flexibility index (Phi) is 20.9. The number of carbonyl (C=O) groups excluding carboxylic acids is 3. The SMILES string of the molecule is CC(C)(COP(=O)(O)OP(=O)(O)OC[C@H]1O[C@@H](n2cnc3c(N)ncnc32)[C@H](O)[C@@H]1OP(=O)(O)O)[C@@H](O)C(=O)NCCC(=O)NCCS(=O)(=O)CC(=O)NC[C@H]1O[C@H](O[C@H]2[C@H](O)[C@@H](O)[C@H](N)C[C@@H]2N)[C@H](N)[C@@H](O)[C@@H]1O. The van der Waals surface area contributed by atoms with E-state index in [0.717, 1.165) is 31.1 Å². The van der Waals surface area contributed by atoms with Crippen LogP contribution in [0.15, 0.2) is 12.7 Å². The molecule has 428 valence electrons. The average Bonchev–Trinajstić information content (AvgIpc) is 3.87. The fourth-order valence-corrected chi connectivity index (χ4v) is 11.6. The van der Waals surface area contributed by atoms with Crippen LogP contribution < -0.4 is 38.9 Å². The van der Waals surface area contributed by atoms with Crippen LogP contribution in [0.1, 0.15) is 32.9 Å². The number of phosphoric acid groups is 3. The van der Waals surface area contributed by atoms with Crippen LogP contribution in [0.4, 0.5) is 5.82 Å². The molecule has 3 aliphatic rings. The predicted molar refractivity (Wildman–Crippen MR) is 247 cm³/mol. The molecule has 4 heterocycles. The number of amides is 3. The van der Waals surface area contributed by atoms with Crippen molar-refractivity contribution in [1.82, 2.24) is 35.5 Å². The molecule has 0 spiro atoms. The minimum absolute atomic E-state index is 0.00858. The molecule has 40 heteroatoms. The van der Waals surface area contributed by atoms with Gasteiger partial charge < -0.3 is 103 Å². The van der Waals surface area contributed by atoms with E-state index >= 15 is 0 Å². The molecular weight excluding hydrogens is 1100 g/mol. The molecule has 2 aliphatic heterocycles. The standard InChI is InChI=1S/C35H62N11O25P3S/c1-35(2,11-66-74(61,62)71-73(59,60)65-9-17-28(70-72(56,57)58)26(53)33(67-17)46-13-45-21-30(39)43-12-44-31(21)46)29(54)32(55)41-4-3-18(47)40-5-6-75(63,64)10-19(48)42-8-16-23(50)24(51)20(38)34(68-16)69-27-15(37)7-14(36)22(49)25(27)52/h12-17,20,22-29,33-34,49-54H,3-11,36-38H2,1-2H3,(H,40,47)(H,41,55)(H,42,48)(H,59,60)(H,61,62)(H2,39,43,44)(H2,56,57,58)/t14-,15+,16-,17-,20-,22+,23-,24-,25-,26-,27-,28-,29+,33-,34-/m1/s1. The maximum atomic E-state index is 12.8. The van der Waals surface area contributed by atoms with Crippen molar-refractivity contribution in [2.24, 2.45) is 22.6 Å². The number of nitrogens with two attached hydrogens (primary N) is 4. The molecule has 3 amide bonds. The normalized spacial score (nSPS) is 31.8. The fourth-order valence-electron chi connectivity index (χ4n) is 7.69. The minimum atomic E-state index is -5.67. The number of hydrogen-bond donors (Lipinski definition) is 17. The molecule has 2 aromatic heterocycles. The summed E-state index contributed by atoms with van der Waals surface area (Å²) in [5.41, 5.74) is 21.8. The van der Waals surface area contributed by atoms with Gasteiger partial charge in [-0.1, -0.05) is 13.8 Å². The summed E-state index contributed by atoms with van der Waals surface area (Å²) in [5.74, 6) is -4.89. The molecule has 3 fully saturated rings. The quantitative estimate of drug-likeness (QED) is 0.0411. The lowest BCUT2D eigenvalue weighted by atomic mass is 9.84. The highest BCUT2D eigenvalue weighted by Gasteiger charge is 2.51.